The Balaban J connectivity index is 0.000000220. The van der Waals surface area contributed by atoms with Gasteiger partial charge >= 0.3 is 0 Å². The molecule has 6 heteroatoms. The van der Waals surface area contributed by atoms with Crippen molar-refractivity contribution in [2.24, 2.45) is 0 Å². The van der Waals surface area contributed by atoms with E-state index in [4.69, 9.17) is 4.74 Å². The smallest absolute Gasteiger partial charge is 0.152 e. The zero-order chi connectivity index (χ0) is 17.0. The van der Waals surface area contributed by atoms with Crippen molar-refractivity contribution < 1.29 is 13.2 Å². The van der Waals surface area contributed by atoms with Gasteiger partial charge in [-0.05, 0) is 41.5 Å². The van der Waals surface area contributed by atoms with E-state index in [-0.39, 0.29) is 5.60 Å². The first-order valence-electron chi connectivity index (χ1n) is 8.35. The van der Waals surface area contributed by atoms with Gasteiger partial charge in [-0.15, -0.1) is 0 Å². The van der Waals surface area contributed by atoms with Crippen LogP contribution in [0.25, 0.3) is 0 Å². The standard InChI is InChI=1S/C9H19NO.C7H15NO2S/c1-8(2)10-5-6-11-9(3,4)7-10;1-7(2)8-3-5-11(9,10)6-4-8/h8H,5-7H2,1-4H3;7H,3-6H2,1-2H3. The molecule has 0 saturated carbocycles. The zero-order valence-electron chi connectivity index (χ0n) is 15.1. The van der Waals surface area contributed by atoms with Crippen LogP contribution >= 0.6 is 0 Å². The second-order valence-corrected chi connectivity index (χ2v) is 9.76. The van der Waals surface area contributed by atoms with E-state index in [1.807, 2.05) is 0 Å². The first-order chi connectivity index (χ1) is 10.0. The highest BCUT2D eigenvalue weighted by Gasteiger charge is 2.28. The molecule has 0 aromatic carbocycles. The van der Waals surface area contributed by atoms with E-state index in [2.05, 4.69) is 51.3 Å². The fourth-order valence-electron chi connectivity index (χ4n) is 2.74. The monoisotopic (exact) mass is 334 g/mol. The summed E-state index contributed by atoms with van der Waals surface area (Å²) in [4.78, 5) is 4.66. The Kier molecular flexibility index (Phi) is 7.30. The van der Waals surface area contributed by atoms with Crippen LogP contribution in [0.3, 0.4) is 0 Å². The largest absolute Gasteiger partial charge is 0.373 e. The van der Waals surface area contributed by atoms with Crippen molar-refractivity contribution >= 4 is 9.84 Å². The van der Waals surface area contributed by atoms with Gasteiger partial charge in [0.1, 0.15) is 0 Å². The summed E-state index contributed by atoms with van der Waals surface area (Å²) in [5.41, 5.74) is 0.0581. The molecule has 22 heavy (non-hydrogen) atoms. The van der Waals surface area contributed by atoms with Gasteiger partial charge in [0.15, 0.2) is 9.84 Å². The molecule has 0 radical (unpaired) electrons. The molecule has 2 saturated heterocycles. The molecular formula is C16H34N2O3S. The van der Waals surface area contributed by atoms with Crippen LogP contribution in [-0.2, 0) is 14.6 Å². The van der Waals surface area contributed by atoms with Gasteiger partial charge in [-0.25, -0.2) is 8.42 Å². The molecule has 0 aromatic rings. The van der Waals surface area contributed by atoms with Crippen molar-refractivity contribution in [3.05, 3.63) is 0 Å². The van der Waals surface area contributed by atoms with Crippen LogP contribution in [0.15, 0.2) is 0 Å². The van der Waals surface area contributed by atoms with Crippen molar-refractivity contribution in [3.63, 3.8) is 0 Å². The molecule has 2 aliphatic rings. The van der Waals surface area contributed by atoms with Gasteiger partial charge in [-0.3, -0.25) is 9.80 Å². The van der Waals surface area contributed by atoms with Crippen LogP contribution in [0, 0.1) is 0 Å². The van der Waals surface area contributed by atoms with Gasteiger partial charge in [0, 0.05) is 38.3 Å². The normalized spacial score (nSPS) is 25.8. The zero-order valence-corrected chi connectivity index (χ0v) is 15.9. The fraction of sp³-hybridized carbons (Fsp3) is 1.00. The molecule has 0 N–H and O–H groups in total. The Morgan fingerprint density at radius 3 is 1.77 bits per heavy atom. The Morgan fingerprint density at radius 2 is 1.41 bits per heavy atom. The third-order valence-corrected chi connectivity index (χ3v) is 5.90. The molecule has 0 aliphatic carbocycles. The van der Waals surface area contributed by atoms with E-state index in [0.29, 0.717) is 36.7 Å². The molecule has 0 amide bonds. The Morgan fingerprint density at radius 1 is 0.909 bits per heavy atom. The molecule has 132 valence electrons. The average molecular weight is 335 g/mol. The molecule has 2 aliphatic heterocycles. The van der Waals surface area contributed by atoms with Crippen LogP contribution in [0.2, 0.25) is 0 Å². The van der Waals surface area contributed by atoms with Crippen LogP contribution in [0.5, 0.6) is 0 Å². The summed E-state index contributed by atoms with van der Waals surface area (Å²) >= 11 is 0. The van der Waals surface area contributed by atoms with E-state index in [1.165, 1.54) is 0 Å². The summed E-state index contributed by atoms with van der Waals surface area (Å²) in [6, 6.07) is 1.13. The predicted molar refractivity (Wildman–Crippen MR) is 92.1 cm³/mol. The highest BCUT2D eigenvalue weighted by molar-refractivity contribution is 7.91. The van der Waals surface area contributed by atoms with Crippen molar-refractivity contribution in [1.29, 1.82) is 0 Å². The maximum atomic E-state index is 11.0. The van der Waals surface area contributed by atoms with Gasteiger partial charge in [0.25, 0.3) is 0 Å². The quantitative estimate of drug-likeness (QED) is 0.768. The minimum atomic E-state index is -2.69. The van der Waals surface area contributed by atoms with E-state index < -0.39 is 9.84 Å². The second-order valence-electron chi connectivity index (χ2n) is 7.45. The SMILES string of the molecule is CC(C)N1CCOC(C)(C)C1.CC(C)N1CCS(=O)(=O)CC1. The van der Waals surface area contributed by atoms with E-state index in [9.17, 15) is 8.42 Å². The lowest BCUT2D eigenvalue weighted by atomic mass is 10.1. The highest BCUT2D eigenvalue weighted by Crippen LogP contribution is 2.17. The number of rotatable bonds is 2. The number of hydrogen-bond donors (Lipinski definition) is 0. The third kappa shape index (κ3) is 6.94. The minimum absolute atomic E-state index is 0.0581. The molecule has 0 atom stereocenters. The van der Waals surface area contributed by atoms with Crippen molar-refractivity contribution in [2.75, 3.05) is 44.3 Å². The lowest BCUT2D eigenvalue weighted by Gasteiger charge is -2.40. The Labute approximate surface area is 136 Å². The second kappa shape index (κ2) is 8.08. The first-order valence-corrected chi connectivity index (χ1v) is 10.2. The number of ether oxygens (including phenoxy) is 1. The van der Waals surface area contributed by atoms with Crippen LogP contribution in [-0.4, -0.2) is 80.2 Å². The summed E-state index contributed by atoms with van der Waals surface area (Å²) in [6.07, 6.45) is 0. The molecule has 2 fully saturated rings. The van der Waals surface area contributed by atoms with E-state index >= 15 is 0 Å². The fourth-order valence-corrected chi connectivity index (χ4v) is 3.97. The molecule has 5 nitrogen and oxygen atoms in total. The summed E-state index contributed by atoms with van der Waals surface area (Å²) in [5.74, 6) is 0.677. The predicted octanol–water partition coefficient (Wildman–Crippen LogP) is 1.63. The van der Waals surface area contributed by atoms with Gasteiger partial charge in [-0.2, -0.15) is 0 Å². The molecule has 0 unspecified atom stereocenters. The van der Waals surface area contributed by atoms with Gasteiger partial charge in [-0.1, -0.05) is 0 Å². The number of nitrogens with zero attached hydrogens (tertiary/aromatic N) is 2. The first kappa shape index (κ1) is 19.9. The Bertz CT molecular complexity index is 419. The van der Waals surface area contributed by atoms with E-state index in [0.717, 1.165) is 19.7 Å². The summed E-state index contributed by atoms with van der Waals surface area (Å²) in [7, 11) is -2.69. The van der Waals surface area contributed by atoms with E-state index in [1.54, 1.807) is 0 Å². The molecule has 0 aromatic heterocycles. The number of sulfone groups is 1. The lowest BCUT2D eigenvalue weighted by Crippen LogP contribution is -2.50. The Hall–Kier alpha value is -0.170. The molecule has 2 rings (SSSR count). The third-order valence-electron chi connectivity index (χ3n) is 4.29. The highest BCUT2D eigenvalue weighted by atomic mass is 32.2. The van der Waals surface area contributed by atoms with Crippen LogP contribution in [0.1, 0.15) is 41.5 Å². The summed E-state index contributed by atoms with van der Waals surface area (Å²) in [6.45, 7) is 17.4. The van der Waals surface area contributed by atoms with Crippen molar-refractivity contribution in [3.8, 4) is 0 Å². The molecular weight excluding hydrogens is 300 g/mol. The molecule has 0 spiro atoms. The van der Waals surface area contributed by atoms with Crippen LogP contribution < -0.4 is 0 Å². The maximum Gasteiger partial charge on any atom is 0.152 e. The molecule has 2 heterocycles. The van der Waals surface area contributed by atoms with Crippen molar-refractivity contribution in [1.82, 2.24) is 9.80 Å². The lowest BCUT2D eigenvalue weighted by molar-refractivity contribution is -0.0936. The minimum Gasteiger partial charge on any atom is -0.373 e. The van der Waals surface area contributed by atoms with Crippen LogP contribution in [0.4, 0.5) is 0 Å². The number of morpholine rings is 1. The summed E-state index contributed by atoms with van der Waals surface area (Å²) in [5, 5.41) is 0. The maximum absolute atomic E-state index is 11.0. The van der Waals surface area contributed by atoms with Gasteiger partial charge in [0.2, 0.25) is 0 Å². The number of hydrogen-bond acceptors (Lipinski definition) is 5. The van der Waals surface area contributed by atoms with Gasteiger partial charge < -0.3 is 4.74 Å². The summed E-state index contributed by atoms with van der Waals surface area (Å²) < 4.78 is 27.6. The van der Waals surface area contributed by atoms with Crippen molar-refractivity contribution in [2.45, 2.75) is 59.2 Å². The van der Waals surface area contributed by atoms with Gasteiger partial charge in [0.05, 0.1) is 23.7 Å². The topological polar surface area (TPSA) is 49.9 Å². The molecule has 0 bridgehead atoms. The average Bonchev–Trinajstić information content (AvgIpc) is 2.37.